The second-order valence-electron chi connectivity index (χ2n) is 6.23. The predicted molar refractivity (Wildman–Crippen MR) is 73.3 cm³/mol. The molecule has 2 rings (SSSR count). The van der Waals surface area contributed by atoms with Crippen LogP contribution in [0.1, 0.15) is 33.1 Å². The molecule has 2 aliphatic heterocycles. The van der Waals surface area contributed by atoms with Crippen LogP contribution >= 0.6 is 0 Å². The van der Waals surface area contributed by atoms with Crippen molar-refractivity contribution in [2.24, 2.45) is 5.92 Å². The third kappa shape index (κ3) is 3.94. The van der Waals surface area contributed by atoms with E-state index in [0.29, 0.717) is 6.04 Å². The molecule has 0 aliphatic carbocycles. The van der Waals surface area contributed by atoms with Gasteiger partial charge in [-0.3, -0.25) is 4.90 Å². The minimum Gasteiger partial charge on any atom is -0.312 e. The maximum atomic E-state index is 3.79. The van der Waals surface area contributed by atoms with Crippen molar-refractivity contribution in [1.29, 1.82) is 0 Å². The van der Waals surface area contributed by atoms with Gasteiger partial charge in [-0.1, -0.05) is 0 Å². The average molecular weight is 239 g/mol. The van der Waals surface area contributed by atoms with Crippen molar-refractivity contribution in [3.63, 3.8) is 0 Å². The molecule has 0 saturated carbocycles. The smallest absolute Gasteiger partial charge is 0.0207 e. The van der Waals surface area contributed by atoms with Gasteiger partial charge in [0, 0.05) is 18.6 Å². The predicted octanol–water partition coefficient (Wildman–Crippen LogP) is 1.40. The Hall–Kier alpha value is -0.120. The Balaban J connectivity index is 1.63. The van der Waals surface area contributed by atoms with E-state index < -0.39 is 0 Å². The van der Waals surface area contributed by atoms with Crippen LogP contribution in [0, 0.1) is 5.92 Å². The first-order valence-electron chi connectivity index (χ1n) is 7.31. The lowest BCUT2D eigenvalue weighted by molar-refractivity contribution is 0.211. The Kier molecular flexibility index (Phi) is 4.83. The molecule has 3 nitrogen and oxygen atoms in total. The molecule has 1 atom stereocenters. The lowest BCUT2D eigenvalue weighted by Crippen LogP contribution is -2.40. The minimum atomic E-state index is 0.713. The van der Waals surface area contributed by atoms with Gasteiger partial charge in [-0.25, -0.2) is 0 Å². The summed E-state index contributed by atoms with van der Waals surface area (Å²) in [7, 11) is 2.24. The van der Waals surface area contributed by atoms with E-state index in [-0.39, 0.29) is 0 Å². The third-order valence-corrected chi connectivity index (χ3v) is 4.48. The summed E-state index contributed by atoms with van der Waals surface area (Å²) < 4.78 is 0. The van der Waals surface area contributed by atoms with Gasteiger partial charge in [0.15, 0.2) is 0 Å². The molecule has 2 aliphatic rings. The molecule has 0 bridgehead atoms. The molecule has 100 valence electrons. The van der Waals surface area contributed by atoms with Crippen LogP contribution in [0.5, 0.6) is 0 Å². The lowest BCUT2D eigenvalue weighted by Gasteiger charge is -2.30. The van der Waals surface area contributed by atoms with Gasteiger partial charge in [-0.05, 0) is 72.3 Å². The molecule has 17 heavy (non-hydrogen) atoms. The standard InChI is InChI=1S/C14H29N3/c1-12(2)17-9-6-14(11-17)15-10-13-4-7-16(3)8-5-13/h12-15H,4-11H2,1-3H3. The van der Waals surface area contributed by atoms with Crippen LogP contribution in [0.25, 0.3) is 0 Å². The number of hydrogen-bond donors (Lipinski definition) is 1. The molecule has 0 aromatic rings. The Morgan fingerprint density at radius 1 is 1.12 bits per heavy atom. The van der Waals surface area contributed by atoms with Crippen molar-refractivity contribution >= 4 is 0 Å². The van der Waals surface area contributed by atoms with Crippen molar-refractivity contribution in [2.45, 2.75) is 45.2 Å². The van der Waals surface area contributed by atoms with E-state index in [0.717, 1.165) is 12.0 Å². The van der Waals surface area contributed by atoms with E-state index in [1.165, 1.54) is 52.0 Å². The van der Waals surface area contributed by atoms with E-state index in [9.17, 15) is 0 Å². The van der Waals surface area contributed by atoms with Crippen LogP contribution in [-0.2, 0) is 0 Å². The fraction of sp³-hybridized carbons (Fsp3) is 1.00. The maximum absolute atomic E-state index is 3.79. The zero-order valence-corrected chi connectivity index (χ0v) is 11.8. The fourth-order valence-electron chi connectivity index (χ4n) is 3.02. The highest BCUT2D eigenvalue weighted by Gasteiger charge is 2.25. The molecule has 2 saturated heterocycles. The average Bonchev–Trinajstić information content (AvgIpc) is 2.77. The molecular weight excluding hydrogens is 210 g/mol. The molecule has 0 aromatic carbocycles. The molecule has 0 aromatic heterocycles. The monoisotopic (exact) mass is 239 g/mol. The number of nitrogens with one attached hydrogen (secondary N) is 1. The van der Waals surface area contributed by atoms with Crippen LogP contribution in [0.2, 0.25) is 0 Å². The summed E-state index contributed by atoms with van der Waals surface area (Å²) in [5, 5.41) is 3.79. The summed E-state index contributed by atoms with van der Waals surface area (Å²) >= 11 is 0. The highest BCUT2D eigenvalue weighted by atomic mass is 15.2. The SMILES string of the molecule is CC(C)N1CCC(NCC2CCN(C)CC2)C1. The quantitative estimate of drug-likeness (QED) is 0.800. The largest absolute Gasteiger partial charge is 0.312 e. The van der Waals surface area contributed by atoms with Crippen LogP contribution in [-0.4, -0.2) is 61.7 Å². The number of piperidine rings is 1. The molecule has 3 heteroatoms. The molecule has 0 amide bonds. The van der Waals surface area contributed by atoms with Gasteiger partial charge in [-0.2, -0.15) is 0 Å². The summed E-state index contributed by atoms with van der Waals surface area (Å²) in [5.74, 6) is 0.916. The van der Waals surface area contributed by atoms with E-state index in [4.69, 9.17) is 0 Å². The first-order valence-corrected chi connectivity index (χ1v) is 7.31. The van der Waals surface area contributed by atoms with Gasteiger partial charge >= 0.3 is 0 Å². The van der Waals surface area contributed by atoms with Gasteiger partial charge < -0.3 is 10.2 Å². The fourth-order valence-corrected chi connectivity index (χ4v) is 3.02. The number of likely N-dealkylation sites (tertiary alicyclic amines) is 2. The Morgan fingerprint density at radius 3 is 2.41 bits per heavy atom. The number of hydrogen-bond acceptors (Lipinski definition) is 3. The van der Waals surface area contributed by atoms with E-state index in [1.54, 1.807) is 0 Å². The second kappa shape index (κ2) is 6.17. The zero-order valence-electron chi connectivity index (χ0n) is 11.8. The summed E-state index contributed by atoms with van der Waals surface area (Å²) in [4.78, 5) is 5.04. The van der Waals surface area contributed by atoms with Crippen LogP contribution in [0.4, 0.5) is 0 Å². The lowest BCUT2D eigenvalue weighted by atomic mass is 9.97. The van der Waals surface area contributed by atoms with Crippen LogP contribution < -0.4 is 5.32 Å². The Labute approximate surface area is 107 Å². The maximum Gasteiger partial charge on any atom is 0.0207 e. The van der Waals surface area contributed by atoms with Gasteiger partial charge in [0.25, 0.3) is 0 Å². The first-order chi connectivity index (χ1) is 8.15. The number of nitrogens with zero attached hydrogens (tertiary/aromatic N) is 2. The highest BCUT2D eigenvalue weighted by Crippen LogP contribution is 2.17. The van der Waals surface area contributed by atoms with Crippen molar-refractivity contribution < 1.29 is 0 Å². The summed E-state index contributed by atoms with van der Waals surface area (Å²) in [5.41, 5.74) is 0. The van der Waals surface area contributed by atoms with Crippen molar-refractivity contribution in [3.8, 4) is 0 Å². The van der Waals surface area contributed by atoms with Gasteiger partial charge in [0.05, 0.1) is 0 Å². The summed E-state index contributed by atoms with van der Waals surface area (Å²) in [6.45, 7) is 11.0. The Bertz CT molecular complexity index is 222. The second-order valence-corrected chi connectivity index (χ2v) is 6.23. The normalized spacial score (nSPS) is 29.3. The highest BCUT2D eigenvalue weighted by molar-refractivity contribution is 4.84. The molecule has 2 heterocycles. The van der Waals surface area contributed by atoms with Crippen molar-refractivity contribution in [2.75, 3.05) is 39.8 Å². The van der Waals surface area contributed by atoms with Crippen molar-refractivity contribution in [3.05, 3.63) is 0 Å². The first kappa shape index (κ1) is 13.3. The zero-order chi connectivity index (χ0) is 12.3. The molecular formula is C14H29N3. The van der Waals surface area contributed by atoms with E-state index >= 15 is 0 Å². The van der Waals surface area contributed by atoms with Gasteiger partial charge in [0.1, 0.15) is 0 Å². The Morgan fingerprint density at radius 2 is 1.82 bits per heavy atom. The van der Waals surface area contributed by atoms with Crippen molar-refractivity contribution in [1.82, 2.24) is 15.1 Å². The number of rotatable bonds is 4. The molecule has 2 fully saturated rings. The topological polar surface area (TPSA) is 18.5 Å². The summed E-state index contributed by atoms with van der Waals surface area (Å²) in [6.07, 6.45) is 4.10. The molecule has 1 N–H and O–H groups in total. The molecule has 1 unspecified atom stereocenters. The van der Waals surface area contributed by atoms with E-state index in [2.05, 4.69) is 36.0 Å². The minimum absolute atomic E-state index is 0.713. The van der Waals surface area contributed by atoms with Crippen LogP contribution in [0.3, 0.4) is 0 Å². The molecule has 0 radical (unpaired) electrons. The van der Waals surface area contributed by atoms with Gasteiger partial charge in [-0.15, -0.1) is 0 Å². The molecule has 0 spiro atoms. The van der Waals surface area contributed by atoms with Crippen LogP contribution in [0.15, 0.2) is 0 Å². The third-order valence-electron chi connectivity index (χ3n) is 4.48. The summed E-state index contributed by atoms with van der Waals surface area (Å²) in [6, 6.07) is 1.46. The van der Waals surface area contributed by atoms with Gasteiger partial charge in [0.2, 0.25) is 0 Å². The van der Waals surface area contributed by atoms with E-state index in [1.807, 2.05) is 0 Å².